The molecule has 7 nitrogen and oxygen atoms in total. The van der Waals surface area contributed by atoms with Crippen LogP contribution in [0.15, 0.2) is 45.8 Å². The highest BCUT2D eigenvalue weighted by molar-refractivity contribution is 5.76. The summed E-state index contributed by atoms with van der Waals surface area (Å²) in [5.41, 5.74) is 0.720. The molecule has 40 heavy (non-hydrogen) atoms. The van der Waals surface area contributed by atoms with Gasteiger partial charge in [-0.3, -0.25) is 14.5 Å². The van der Waals surface area contributed by atoms with Crippen molar-refractivity contribution in [3.8, 4) is 11.5 Å². The first-order valence-electron chi connectivity index (χ1n) is 15.5. The fourth-order valence-corrected chi connectivity index (χ4v) is 5.25. The molecule has 0 atom stereocenters. The fourth-order valence-electron chi connectivity index (χ4n) is 5.25. The number of ether oxygens (including phenoxy) is 2. The first-order valence-corrected chi connectivity index (χ1v) is 15.5. The van der Waals surface area contributed by atoms with E-state index in [1.807, 2.05) is 29.2 Å². The number of benzene rings is 1. The molecule has 1 fully saturated rings. The van der Waals surface area contributed by atoms with Gasteiger partial charge in [0.05, 0.1) is 13.7 Å². The van der Waals surface area contributed by atoms with Crippen molar-refractivity contribution in [3.63, 3.8) is 0 Å². The van der Waals surface area contributed by atoms with Crippen molar-refractivity contribution in [2.75, 3.05) is 33.3 Å². The van der Waals surface area contributed by atoms with Crippen LogP contribution in [-0.2, 0) is 17.9 Å². The van der Waals surface area contributed by atoms with E-state index >= 15 is 0 Å². The predicted octanol–water partition coefficient (Wildman–Crippen LogP) is 6.96. The number of rotatable bonds is 18. The normalized spacial score (nSPS) is 14.2. The summed E-state index contributed by atoms with van der Waals surface area (Å²) in [6.45, 7) is 6.25. The van der Waals surface area contributed by atoms with E-state index in [9.17, 15) is 9.59 Å². The van der Waals surface area contributed by atoms with Crippen molar-refractivity contribution in [1.29, 1.82) is 0 Å². The van der Waals surface area contributed by atoms with E-state index < -0.39 is 0 Å². The number of carbonyl (C=O) groups is 1. The van der Waals surface area contributed by atoms with Gasteiger partial charge in [0.15, 0.2) is 0 Å². The van der Waals surface area contributed by atoms with E-state index in [1.54, 1.807) is 7.11 Å². The van der Waals surface area contributed by atoms with Crippen molar-refractivity contribution in [2.24, 2.45) is 0 Å². The first-order chi connectivity index (χ1) is 19.6. The summed E-state index contributed by atoms with van der Waals surface area (Å²) in [5.74, 6) is 1.83. The van der Waals surface area contributed by atoms with Crippen LogP contribution in [0, 0.1) is 0 Å². The van der Waals surface area contributed by atoms with Gasteiger partial charge in [0.25, 0.3) is 0 Å². The Morgan fingerprint density at radius 1 is 0.900 bits per heavy atom. The van der Waals surface area contributed by atoms with E-state index in [0.717, 1.165) is 56.8 Å². The SMILES string of the molecule is CCCCCCCCCCCCCC(=O)N1CCCN(Cc2cc(=O)c(OCc3cccc(OC)c3)co2)CC1. The van der Waals surface area contributed by atoms with Gasteiger partial charge in [0.2, 0.25) is 17.1 Å². The van der Waals surface area contributed by atoms with Crippen LogP contribution in [-0.4, -0.2) is 49.0 Å². The van der Waals surface area contributed by atoms with Gasteiger partial charge in [-0.15, -0.1) is 0 Å². The number of unbranched alkanes of at least 4 members (excludes halogenated alkanes) is 10. The van der Waals surface area contributed by atoms with Crippen LogP contribution in [0.25, 0.3) is 0 Å². The minimum atomic E-state index is -0.192. The van der Waals surface area contributed by atoms with E-state index in [-0.39, 0.29) is 23.7 Å². The summed E-state index contributed by atoms with van der Waals surface area (Å²) in [7, 11) is 1.62. The fraction of sp³-hybridized carbons (Fsp3) is 0.636. The first kappa shape index (κ1) is 31.7. The lowest BCUT2D eigenvalue weighted by Gasteiger charge is -2.21. The molecule has 0 spiro atoms. The average Bonchev–Trinajstić information content (AvgIpc) is 3.21. The number of methoxy groups -OCH3 is 1. The molecular weight excluding hydrogens is 504 g/mol. The van der Waals surface area contributed by atoms with Crippen molar-refractivity contribution < 1.29 is 18.7 Å². The molecule has 3 rings (SSSR count). The lowest BCUT2D eigenvalue weighted by Crippen LogP contribution is -2.35. The topological polar surface area (TPSA) is 72.2 Å². The Morgan fingerprint density at radius 2 is 1.62 bits per heavy atom. The second kappa shape index (κ2) is 18.5. The maximum atomic E-state index is 12.8. The average molecular weight is 555 g/mol. The molecule has 2 aromatic rings. The third kappa shape index (κ3) is 11.7. The van der Waals surface area contributed by atoms with Gasteiger partial charge in [0, 0.05) is 38.7 Å². The van der Waals surface area contributed by atoms with E-state index in [2.05, 4.69) is 11.8 Å². The summed E-state index contributed by atoms with van der Waals surface area (Å²) in [6, 6.07) is 9.06. The second-order valence-corrected chi connectivity index (χ2v) is 11.0. The third-order valence-electron chi connectivity index (χ3n) is 7.70. The minimum Gasteiger partial charge on any atom is -0.497 e. The molecule has 7 heteroatoms. The molecule has 0 saturated carbocycles. The molecule has 0 N–H and O–H groups in total. The smallest absolute Gasteiger partial charge is 0.227 e. The molecule has 0 unspecified atom stereocenters. The zero-order valence-electron chi connectivity index (χ0n) is 24.8. The Bertz CT molecular complexity index is 1050. The minimum absolute atomic E-state index is 0.192. The summed E-state index contributed by atoms with van der Waals surface area (Å²) in [6.07, 6.45) is 17.2. The number of amides is 1. The molecular formula is C33H50N2O5. The number of carbonyl (C=O) groups excluding carboxylic acids is 1. The van der Waals surface area contributed by atoms with Gasteiger partial charge in [-0.1, -0.05) is 83.3 Å². The number of hydrogen-bond donors (Lipinski definition) is 0. The lowest BCUT2D eigenvalue weighted by atomic mass is 10.1. The lowest BCUT2D eigenvalue weighted by molar-refractivity contribution is -0.131. The number of hydrogen-bond acceptors (Lipinski definition) is 6. The van der Waals surface area contributed by atoms with Crippen LogP contribution < -0.4 is 14.9 Å². The predicted molar refractivity (Wildman–Crippen MR) is 160 cm³/mol. The molecule has 1 aliphatic rings. The maximum Gasteiger partial charge on any atom is 0.227 e. The quantitative estimate of drug-likeness (QED) is 0.185. The standard InChI is InChI=1S/C33H50N2O5/c1-3-4-5-6-7-8-9-10-11-12-13-18-33(37)35-20-15-19-34(21-22-35)25-30-24-31(36)32(27-39-30)40-26-28-16-14-17-29(23-28)38-2/h14,16-17,23-24,27H,3-13,15,18-22,25-26H2,1-2H3. The molecule has 1 aromatic heterocycles. The van der Waals surface area contributed by atoms with Crippen molar-refractivity contribution >= 4 is 5.91 Å². The van der Waals surface area contributed by atoms with Gasteiger partial charge in [0.1, 0.15) is 24.4 Å². The van der Waals surface area contributed by atoms with Crippen LogP contribution in [0.3, 0.4) is 0 Å². The van der Waals surface area contributed by atoms with E-state index in [0.29, 0.717) is 18.7 Å². The summed E-state index contributed by atoms with van der Waals surface area (Å²) >= 11 is 0. The van der Waals surface area contributed by atoms with Gasteiger partial charge < -0.3 is 18.8 Å². The molecule has 0 bridgehead atoms. The molecule has 1 aromatic carbocycles. The highest BCUT2D eigenvalue weighted by atomic mass is 16.5. The van der Waals surface area contributed by atoms with E-state index in [4.69, 9.17) is 13.9 Å². The van der Waals surface area contributed by atoms with Crippen molar-refractivity contribution in [1.82, 2.24) is 9.80 Å². The summed E-state index contributed by atoms with van der Waals surface area (Å²) in [5, 5.41) is 0. The Hall–Kier alpha value is -2.80. The van der Waals surface area contributed by atoms with Gasteiger partial charge >= 0.3 is 0 Å². The van der Waals surface area contributed by atoms with E-state index in [1.165, 1.54) is 70.1 Å². The monoisotopic (exact) mass is 554 g/mol. The van der Waals surface area contributed by atoms with Gasteiger partial charge in [-0.25, -0.2) is 0 Å². The van der Waals surface area contributed by atoms with Gasteiger partial charge in [-0.05, 0) is 30.5 Å². The van der Waals surface area contributed by atoms with Gasteiger partial charge in [-0.2, -0.15) is 0 Å². The highest BCUT2D eigenvalue weighted by Crippen LogP contribution is 2.17. The maximum absolute atomic E-state index is 12.8. The molecule has 0 radical (unpaired) electrons. The second-order valence-electron chi connectivity index (χ2n) is 11.0. The molecule has 2 heterocycles. The molecule has 222 valence electrons. The Balaban J connectivity index is 1.31. The molecule has 1 amide bonds. The molecule has 1 saturated heterocycles. The third-order valence-corrected chi connectivity index (χ3v) is 7.70. The van der Waals surface area contributed by atoms with Crippen molar-refractivity contribution in [2.45, 2.75) is 104 Å². The van der Waals surface area contributed by atoms with Crippen LogP contribution in [0.1, 0.15) is 102 Å². The van der Waals surface area contributed by atoms with Crippen molar-refractivity contribution in [3.05, 3.63) is 58.1 Å². The Labute approximate surface area is 240 Å². The molecule has 1 aliphatic heterocycles. The van der Waals surface area contributed by atoms with Crippen LogP contribution in [0.5, 0.6) is 11.5 Å². The zero-order chi connectivity index (χ0) is 28.4. The zero-order valence-corrected chi connectivity index (χ0v) is 24.8. The van der Waals surface area contributed by atoms with Crippen LogP contribution in [0.2, 0.25) is 0 Å². The number of nitrogens with zero attached hydrogens (tertiary/aromatic N) is 2. The van der Waals surface area contributed by atoms with Crippen LogP contribution >= 0.6 is 0 Å². The Morgan fingerprint density at radius 3 is 2.33 bits per heavy atom. The molecule has 0 aliphatic carbocycles. The summed E-state index contributed by atoms with van der Waals surface area (Å²) in [4.78, 5) is 29.7. The van der Waals surface area contributed by atoms with Crippen LogP contribution in [0.4, 0.5) is 0 Å². The largest absolute Gasteiger partial charge is 0.497 e. The summed E-state index contributed by atoms with van der Waals surface area (Å²) < 4.78 is 16.7. The Kier molecular flexibility index (Phi) is 14.7. The highest BCUT2D eigenvalue weighted by Gasteiger charge is 2.20.